The van der Waals surface area contributed by atoms with Crippen molar-refractivity contribution in [3.8, 4) is 11.8 Å². The molecule has 0 bridgehead atoms. The zero-order chi connectivity index (χ0) is 23.9. The minimum absolute atomic E-state index is 0.146. The molecule has 166 valence electrons. The molecule has 2 aromatic rings. The second-order valence-electron chi connectivity index (χ2n) is 7.73. The molecule has 2 aromatic carbocycles. The summed E-state index contributed by atoms with van der Waals surface area (Å²) in [6.07, 6.45) is -6.23. The highest BCUT2D eigenvalue weighted by molar-refractivity contribution is 7.89. The van der Waals surface area contributed by atoms with Gasteiger partial charge in [-0.05, 0) is 24.3 Å². The molecule has 32 heavy (non-hydrogen) atoms. The molecule has 1 atom stereocenters. The van der Waals surface area contributed by atoms with Crippen molar-refractivity contribution in [2.45, 2.75) is 31.0 Å². The molecule has 3 rings (SSSR count). The van der Waals surface area contributed by atoms with Crippen LogP contribution in [0.5, 0.6) is 5.75 Å². The zero-order valence-corrected chi connectivity index (χ0v) is 17.7. The Morgan fingerprint density at radius 3 is 2.50 bits per heavy atom. The summed E-state index contributed by atoms with van der Waals surface area (Å²) in [5.74, 6) is -1.29. The summed E-state index contributed by atoms with van der Waals surface area (Å²) in [6.45, 7) is 9.68. The van der Waals surface area contributed by atoms with Crippen LogP contribution in [0.25, 0.3) is 4.85 Å². The van der Waals surface area contributed by atoms with Crippen LogP contribution in [-0.2, 0) is 21.0 Å². The van der Waals surface area contributed by atoms with E-state index in [1.165, 1.54) is 24.3 Å². The number of ether oxygens (including phenoxy) is 1. The van der Waals surface area contributed by atoms with Crippen LogP contribution in [-0.4, -0.2) is 31.3 Å². The molecule has 0 radical (unpaired) electrons. The largest absolute Gasteiger partial charge is 0.480 e. The van der Waals surface area contributed by atoms with Crippen molar-refractivity contribution in [1.29, 1.82) is 5.26 Å². The van der Waals surface area contributed by atoms with Crippen LogP contribution in [0.1, 0.15) is 25.0 Å². The summed E-state index contributed by atoms with van der Waals surface area (Å²) >= 11 is 0. The Labute approximate surface area is 182 Å². The monoisotopic (exact) mass is 463 g/mol. The zero-order valence-electron chi connectivity index (χ0n) is 16.8. The molecule has 1 heterocycles. The van der Waals surface area contributed by atoms with E-state index in [9.17, 15) is 31.6 Å². The maximum atomic E-state index is 13.3. The number of benzene rings is 2. The van der Waals surface area contributed by atoms with Gasteiger partial charge in [-0.25, -0.2) is 17.6 Å². The van der Waals surface area contributed by atoms with E-state index in [0.29, 0.717) is 10.4 Å². The number of sulfonamides is 1. The van der Waals surface area contributed by atoms with Crippen molar-refractivity contribution in [1.82, 2.24) is 4.31 Å². The van der Waals surface area contributed by atoms with Gasteiger partial charge in [0, 0.05) is 12.0 Å². The SMILES string of the molecule is [C-]#[N+]c1ccc(OC2C(=O)N(S(=O)(=O)c3ccccc3C#N)CC2(C)C)cc1C(F)(F)F. The van der Waals surface area contributed by atoms with Gasteiger partial charge < -0.3 is 4.74 Å². The third-order valence-corrected chi connectivity index (χ3v) is 6.76. The van der Waals surface area contributed by atoms with Gasteiger partial charge in [-0.1, -0.05) is 32.0 Å². The molecular weight excluding hydrogens is 447 g/mol. The minimum atomic E-state index is -4.81. The average molecular weight is 463 g/mol. The molecule has 0 aromatic heterocycles. The number of alkyl halides is 3. The Morgan fingerprint density at radius 2 is 1.91 bits per heavy atom. The number of halogens is 3. The lowest BCUT2D eigenvalue weighted by molar-refractivity contribution is -0.137. The first-order valence-electron chi connectivity index (χ1n) is 9.14. The fourth-order valence-corrected chi connectivity index (χ4v) is 5.08. The minimum Gasteiger partial charge on any atom is -0.480 e. The van der Waals surface area contributed by atoms with Gasteiger partial charge in [0.1, 0.15) is 16.7 Å². The Kier molecular flexibility index (Phi) is 5.66. The van der Waals surface area contributed by atoms with Crippen molar-refractivity contribution in [3.63, 3.8) is 0 Å². The smallest absolute Gasteiger partial charge is 0.407 e. The van der Waals surface area contributed by atoms with Crippen molar-refractivity contribution < 1.29 is 31.1 Å². The van der Waals surface area contributed by atoms with E-state index in [0.717, 1.165) is 12.1 Å². The number of carbonyl (C=O) groups is 1. The molecule has 1 unspecified atom stereocenters. The van der Waals surface area contributed by atoms with Crippen LogP contribution >= 0.6 is 0 Å². The summed E-state index contributed by atoms with van der Waals surface area (Å²) < 4.78 is 72.1. The summed E-state index contributed by atoms with van der Waals surface area (Å²) in [5, 5.41) is 9.22. The fraction of sp³-hybridized carbons (Fsp3) is 0.286. The number of nitriles is 1. The maximum Gasteiger partial charge on any atom is 0.407 e. The van der Waals surface area contributed by atoms with Crippen molar-refractivity contribution in [2.24, 2.45) is 5.41 Å². The molecule has 11 heteroatoms. The highest BCUT2D eigenvalue weighted by atomic mass is 32.2. The average Bonchev–Trinajstić information content (AvgIpc) is 2.97. The van der Waals surface area contributed by atoms with Crippen LogP contribution in [0.4, 0.5) is 18.9 Å². The maximum absolute atomic E-state index is 13.3. The van der Waals surface area contributed by atoms with E-state index in [4.69, 9.17) is 11.3 Å². The predicted molar refractivity (Wildman–Crippen MR) is 106 cm³/mol. The summed E-state index contributed by atoms with van der Waals surface area (Å²) in [7, 11) is -4.41. The van der Waals surface area contributed by atoms with Gasteiger partial charge in [-0.3, -0.25) is 4.79 Å². The molecule has 1 aliphatic heterocycles. The summed E-state index contributed by atoms with van der Waals surface area (Å²) in [4.78, 5) is 15.5. The molecule has 1 aliphatic rings. The molecule has 0 saturated carbocycles. The molecule has 0 aliphatic carbocycles. The number of hydrogen-bond donors (Lipinski definition) is 0. The summed E-state index contributed by atoms with van der Waals surface area (Å²) in [6, 6.07) is 9.79. The molecule has 0 N–H and O–H groups in total. The first-order chi connectivity index (χ1) is 14.8. The second-order valence-corrected chi connectivity index (χ2v) is 9.56. The van der Waals surface area contributed by atoms with Crippen LogP contribution in [0.15, 0.2) is 47.4 Å². The number of rotatable bonds is 4. The Hall–Kier alpha value is -3.57. The van der Waals surface area contributed by atoms with Crippen molar-refractivity contribution >= 4 is 21.6 Å². The van der Waals surface area contributed by atoms with E-state index >= 15 is 0 Å². The van der Waals surface area contributed by atoms with Gasteiger partial charge in [-0.15, -0.1) is 0 Å². The topological polar surface area (TPSA) is 91.8 Å². The van der Waals surface area contributed by atoms with E-state index < -0.39 is 44.9 Å². The lowest BCUT2D eigenvalue weighted by atomic mass is 9.89. The van der Waals surface area contributed by atoms with Gasteiger partial charge in [-0.2, -0.15) is 18.4 Å². The second kappa shape index (κ2) is 7.84. The number of carbonyl (C=O) groups excluding carboxylic acids is 1. The number of nitrogens with zero attached hydrogens (tertiary/aromatic N) is 3. The molecule has 1 fully saturated rings. The van der Waals surface area contributed by atoms with Gasteiger partial charge in [0.05, 0.1) is 17.7 Å². The first-order valence-corrected chi connectivity index (χ1v) is 10.6. The predicted octanol–water partition coefficient (Wildman–Crippen LogP) is 4.13. The van der Waals surface area contributed by atoms with Gasteiger partial charge in [0.2, 0.25) is 0 Å². The van der Waals surface area contributed by atoms with Gasteiger partial charge >= 0.3 is 6.18 Å². The van der Waals surface area contributed by atoms with Crippen LogP contribution in [0, 0.1) is 23.3 Å². The standard InChI is InChI=1S/C21H16F3N3O4S/c1-20(2)12-27(32(29,30)17-7-5-4-6-13(17)11-25)19(28)18(20)31-14-8-9-16(26-3)15(10-14)21(22,23)24/h4-10,18H,12H2,1-2H3. The van der Waals surface area contributed by atoms with E-state index in [1.54, 1.807) is 19.9 Å². The van der Waals surface area contributed by atoms with Crippen molar-refractivity contribution in [2.75, 3.05) is 6.54 Å². The molecule has 1 saturated heterocycles. The Bertz CT molecular complexity index is 1270. The fourth-order valence-electron chi connectivity index (χ4n) is 3.36. The van der Waals surface area contributed by atoms with Crippen LogP contribution < -0.4 is 4.74 Å². The number of hydrogen-bond acceptors (Lipinski definition) is 5. The van der Waals surface area contributed by atoms with E-state index in [-0.39, 0.29) is 22.8 Å². The lowest BCUT2D eigenvalue weighted by Gasteiger charge is -2.24. The van der Waals surface area contributed by atoms with Crippen LogP contribution in [0.2, 0.25) is 0 Å². The highest BCUT2D eigenvalue weighted by Crippen LogP contribution is 2.41. The quantitative estimate of drug-likeness (QED) is 0.636. The Balaban J connectivity index is 1.98. The molecule has 0 spiro atoms. The molecule has 1 amide bonds. The van der Waals surface area contributed by atoms with Crippen LogP contribution in [0.3, 0.4) is 0 Å². The Morgan fingerprint density at radius 1 is 1.25 bits per heavy atom. The molecule has 7 nitrogen and oxygen atoms in total. The third-order valence-electron chi connectivity index (χ3n) is 4.95. The lowest BCUT2D eigenvalue weighted by Crippen LogP contribution is -2.38. The third kappa shape index (κ3) is 3.99. The number of amides is 1. The first kappa shape index (κ1) is 23.1. The molecular formula is C21H16F3N3O4S. The van der Waals surface area contributed by atoms with E-state index in [1.807, 2.05) is 0 Å². The highest BCUT2D eigenvalue weighted by Gasteiger charge is 2.53. The summed E-state index contributed by atoms with van der Waals surface area (Å²) in [5.41, 5.74) is -3.09. The van der Waals surface area contributed by atoms with Crippen molar-refractivity contribution in [3.05, 3.63) is 65.0 Å². The van der Waals surface area contributed by atoms with Gasteiger partial charge in [0.25, 0.3) is 15.9 Å². The van der Waals surface area contributed by atoms with Gasteiger partial charge in [0.15, 0.2) is 11.8 Å². The van der Waals surface area contributed by atoms with E-state index in [2.05, 4.69) is 4.85 Å². The normalized spacial score (nSPS) is 18.2.